The number of ether oxygens (including phenoxy) is 2. The first-order valence-corrected chi connectivity index (χ1v) is 8.03. The SMILES string of the molecule is CCOC(=O)C1c2ccc(OCCN)cc2C2CN1C(=O)N2OS. The fraction of sp³-hybridized carbons (Fsp3) is 0.467. The Morgan fingerprint density at radius 2 is 2.21 bits per heavy atom. The number of esters is 1. The quantitative estimate of drug-likeness (QED) is 0.453. The minimum atomic E-state index is -0.805. The lowest BCUT2D eigenvalue weighted by atomic mass is 9.91. The Balaban J connectivity index is 2.03. The summed E-state index contributed by atoms with van der Waals surface area (Å²) in [5.74, 6) is 0.149. The molecule has 1 aromatic carbocycles. The highest BCUT2D eigenvalue weighted by molar-refractivity contribution is 7.75. The van der Waals surface area contributed by atoms with E-state index in [0.717, 1.165) is 10.6 Å². The summed E-state index contributed by atoms with van der Waals surface area (Å²) >= 11 is 3.77. The van der Waals surface area contributed by atoms with Crippen LogP contribution in [0, 0.1) is 0 Å². The van der Waals surface area contributed by atoms with Gasteiger partial charge >= 0.3 is 12.0 Å². The molecule has 0 saturated carbocycles. The number of hydroxylamine groups is 2. The molecule has 1 aromatic rings. The molecule has 1 saturated heterocycles. The number of hydrogen-bond acceptors (Lipinski definition) is 7. The lowest BCUT2D eigenvalue weighted by Gasteiger charge is -2.31. The van der Waals surface area contributed by atoms with Crippen LogP contribution in [-0.2, 0) is 13.8 Å². The molecule has 130 valence electrons. The van der Waals surface area contributed by atoms with E-state index in [-0.39, 0.29) is 12.6 Å². The second-order valence-electron chi connectivity index (χ2n) is 5.44. The molecule has 2 atom stereocenters. The van der Waals surface area contributed by atoms with Crippen molar-refractivity contribution in [2.75, 3.05) is 26.3 Å². The molecule has 2 bridgehead atoms. The molecule has 2 unspecified atom stereocenters. The van der Waals surface area contributed by atoms with Crippen molar-refractivity contribution in [3.8, 4) is 5.75 Å². The Labute approximate surface area is 145 Å². The molecule has 9 heteroatoms. The van der Waals surface area contributed by atoms with Crippen LogP contribution in [0.5, 0.6) is 5.75 Å². The van der Waals surface area contributed by atoms with E-state index in [1.165, 1.54) is 4.90 Å². The summed E-state index contributed by atoms with van der Waals surface area (Å²) in [7, 11) is 0. The standard InChI is InChI=1S/C15H19N3O5S/c1-2-21-14(19)13-10-4-3-9(22-6-5-16)7-11(10)12-8-17(13)15(20)18(12)23-24/h3-4,7,12-13,24H,2,5-6,8,16H2,1H3. The van der Waals surface area contributed by atoms with Crippen molar-refractivity contribution < 1.29 is 23.3 Å². The number of amides is 2. The van der Waals surface area contributed by atoms with Crippen molar-refractivity contribution in [3.05, 3.63) is 29.3 Å². The maximum Gasteiger partial charge on any atom is 0.346 e. The van der Waals surface area contributed by atoms with E-state index in [0.29, 0.717) is 31.0 Å². The fourth-order valence-electron chi connectivity index (χ4n) is 3.13. The van der Waals surface area contributed by atoms with Crippen LogP contribution in [-0.4, -0.2) is 48.3 Å². The summed E-state index contributed by atoms with van der Waals surface area (Å²) in [6.07, 6.45) is 0. The molecule has 1 fully saturated rings. The van der Waals surface area contributed by atoms with Gasteiger partial charge in [-0.2, -0.15) is 5.06 Å². The van der Waals surface area contributed by atoms with E-state index < -0.39 is 18.0 Å². The average molecular weight is 353 g/mol. The lowest BCUT2D eigenvalue weighted by molar-refractivity contribution is -0.148. The number of nitrogens with two attached hydrogens (primary N) is 1. The van der Waals surface area contributed by atoms with Gasteiger partial charge in [0.1, 0.15) is 18.4 Å². The van der Waals surface area contributed by atoms with E-state index in [2.05, 4.69) is 12.9 Å². The van der Waals surface area contributed by atoms with Crippen LogP contribution < -0.4 is 10.5 Å². The summed E-state index contributed by atoms with van der Waals surface area (Å²) in [5, 5.41) is 1.15. The van der Waals surface area contributed by atoms with Gasteiger partial charge in [0.15, 0.2) is 6.04 Å². The Bertz CT molecular complexity index is 656. The molecule has 8 nitrogen and oxygen atoms in total. The molecular formula is C15H19N3O5S. The predicted molar refractivity (Wildman–Crippen MR) is 87.1 cm³/mol. The minimum Gasteiger partial charge on any atom is -0.492 e. The van der Waals surface area contributed by atoms with Gasteiger partial charge in [0.2, 0.25) is 0 Å². The van der Waals surface area contributed by atoms with Crippen molar-refractivity contribution in [1.29, 1.82) is 0 Å². The molecule has 0 aliphatic carbocycles. The molecule has 0 aromatic heterocycles. The summed E-state index contributed by atoms with van der Waals surface area (Å²) in [4.78, 5) is 26.3. The second-order valence-corrected chi connectivity index (χ2v) is 5.60. The minimum absolute atomic E-state index is 0.237. The predicted octanol–water partition coefficient (Wildman–Crippen LogP) is 1.20. The van der Waals surface area contributed by atoms with Crippen LogP contribution in [0.3, 0.4) is 0 Å². The van der Waals surface area contributed by atoms with Crippen LogP contribution in [0.1, 0.15) is 30.1 Å². The number of urea groups is 1. The van der Waals surface area contributed by atoms with E-state index in [9.17, 15) is 9.59 Å². The van der Waals surface area contributed by atoms with Crippen molar-refractivity contribution in [2.45, 2.75) is 19.0 Å². The number of fused-ring (bicyclic) bond motifs is 4. The third-order valence-corrected chi connectivity index (χ3v) is 4.27. The van der Waals surface area contributed by atoms with Crippen LogP contribution >= 0.6 is 12.9 Å². The average Bonchev–Trinajstić information content (AvgIpc) is 2.86. The van der Waals surface area contributed by atoms with E-state index >= 15 is 0 Å². The van der Waals surface area contributed by atoms with Gasteiger partial charge in [-0.25, -0.2) is 13.9 Å². The van der Waals surface area contributed by atoms with Gasteiger partial charge in [-0.15, -0.1) is 0 Å². The monoisotopic (exact) mass is 353 g/mol. The normalized spacial score (nSPS) is 21.7. The highest BCUT2D eigenvalue weighted by Crippen LogP contribution is 2.45. The number of thiol groups is 1. The third kappa shape index (κ3) is 2.68. The summed E-state index contributed by atoms with van der Waals surface area (Å²) in [6.45, 7) is 3.05. The van der Waals surface area contributed by atoms with Crippen LogP contribution in [0.2, 0.25) is 0 Å². The van der Waals surface area contributed by atoms with E-state index in [4.69, 9.17) is 19.5 Å². The zero-order valence-corrected chi connectivity index (χ0v) is 14.1. The molecule has 2 heterocycles. The molecule has 2 aliphatic rings. The molecule has 2 aliphatic heterocycles. The van der Waals surface area contributed by atoms with Crippen molar-refractivity contribution in [3.63, 3.8) is 0 Å². The van der Waals surface area contributed by atoms with Crippen molar-refractivity contribution in [1.82, 2.24) is 9.96 Å². The zero-order chi connectivity index (χ0) is 17.3. The van der Waals surface area contributed by atoms with Gasteiger partial charge in [-0.3, -0.25) is 0 Å². The largest absolute Gasteiger partial charge is 0.492 e. The van der Waals surface area contributed by atoms with Gasteiger partial charge in [0.25, 0.3) is 0 Å². The maximum absolute atomic E-state index is 12.5. The Morgan fingerprint density at radius 3 is 2.88 bits per heavy atom. The van der Waals surface area contributed by atoms with Gasteiger partial charge in [-0.05, 0) is 30.2 Å². The summed E-state index contributed by atoms with van der Waals surface area (Å²) in [6, 6.07) is 3.74. The topological polar surface area (TPSA) is 94.3 Å². The number of carbonyl (C=O) groups is 2. The Hall–Kier alpha value is -1.97. The smallest absolute Gasteiger partial charge is 0.346 e. The molecule has 0 radical (unpaired) electrons. The number of nitrogens with zero attached hydrogens (tertiary/aromatic N) is 2. The highest BCUT2D eigenvalue weighted by atomic mass is 32.1. The summed E-state index contributed by atoms with van der Waals surface area (Å²) in [5.41, 5.74) is 6.93. The first kappa shape index (κ1) is 16.9. The summed E-state index contributed by atoms with van der Waals surface area (Å²) < 4.78 is 15.6. The van der Waals surface area contributed by atoms with Crippen molar-refractivity contribution in [2.24, 2.45) is 5.73 Å². The van der Waals surface area contributed by atoms with E-state index in [1.807, 2.05) is 0 Å². The second kappa shape index (κ2) is 6.88. The van der Waals surface area contributed by atoms with Gasteiger partial charge in [0, 0.05) is 19.5 Å². The number of carbonyl (C=O) groups excluding carboxylic acids is 2. The van der Waals surface area contributed by atoms with Crippen LogP contribution in [0.25, 0.3) is 0 Å². The lowest BCUT2D eigenvalue weighted by Crippen LogP contribution is -2.39. The first-order chi connectivity index (χ1) is 11.6. The first-order valence-electron chi connectivity index (χ1n) is 7.67. The highest BCUT2D eigenvalue weighted by Gasteiger charge is 2.51. The van der Waals surface area contributed by atoms with E-state index in [1.54, 1.807) is 25.1 Å². The third-order valence-electron chi connectivity index (χ3n) is 4.09. The zero-order valence-electron chi connectivity index (χ0n) is 13.2. The molecule has 2 amide bonds. The fourth-order valence-corrected chi connectivity index (χ4v) is 3.31. The maximum atomic E-state index is 12.5. The number of hydrogen-bond donors (Lipinski definition) is 2. The van der Waals surface area contributed by atoms with Crippen LogP contribution in [0.4, 0.5) is 4.79 Å². The van der Waals surface area contributed by atoms with Gasteiger partial charge in [-0.1, -0.05) is 6.07 Å². The van der Waals surface area contributed by atoms with Gasteiger partial charge < -0.3 is 20.1 Å². The molecule has 0 spiro atoms. The number of benzene rings is 1. The molecular weight excluding hydrogens is 334 g/mol. The van der Waals surface area contributed by atoms with Crippen LogP contribution in [0.15, 0.2) is 18.2 Å². The van der Waals surface area contributed by atoms with Gasteiger partial charge in [0.05, 0.1) is 13.2 Å². The molecule has 24 heavy (non-hydrogen) atoms. The number of rotatable bonds is 6. The molecule has 3 rings (SSSR count). The molecule has 2 N–H and O–H groups in total. The Kier molecular flexibility index (Phi) is 4.83. The Morgan fingerprint density at radius 1 is 1.42 bits per heavy atom. The van der Waals surface area contributed by atoms with Crippen molar-refractivity contribution >= 4 is 24.9 Å².